The number of hydrogen-bond donors (Lipinski definition) is 1. The fraction of sp³-hybridized carbons (Fsp3) is 0.571. The van der Waals surface area contributed by atoms with E-state index in [0.717, 1.165) is 12.5 Å². The molecular weight excluding hydrogens is 246 g/mol. The van der Waals surface area contributed by atoms with Crippen LogP contribution in [0.25, 0.3) is 0 Å². The molecule has 0 saturated heterocycles. The summed E-state index contributed by atoms with van der Waals surface area (Å²) >= 11 is 6.12. The number of hydrogen-bond acceptors (Lipinski definition) is 3. The van der Waals surface area contributed by atoms with E-state index in [1.807, 2.05) is 0 Å². The summed E-state index contributed by atoms with van der Waals surface area (Å²) in [5, 5.41) is 12.6. The van der Waals surface area contributed by atoms with E-state index in [-0.39, 0.29) is 0 Å². The van der Waals surface area contributed by atoms with Crippen LogP contribution in [0.2, 0.25) is 5.02 Å². The van der Waals surface area contributed by atoms with Crippen LogP contribution < -0.4 is 5.32 Å². The molecular formula is C14H18ClN3. The highest BCUT2D eigenvalue weighted by Gasteiger charge is 2.21. The van der Waals surface area contributed by atoms with E-state index in [1.54, 1.807) is 12.3 Å². The van der Waals surface area contributed by atoms with Gasteiger partial charge in [-0.15, -0.1) is 0 Å². The third kappa shape index (κ3) is 2.94. The minimum absolute atomic E-state index is 0.434. The first-order valence-corrected chi connectivity index (χ1v) is 6.88. The van der Waals surface area contributed by atoms with Gasteiger partial charge in [-0.05, 0) is 24.3 Å². The highest BCUT2D eigenvalue weighted by atomic mass is 35.5. The maximum absolute atomic E-state index is 8.91. The van der Waals surface area contributed by atoms with Gasteiger partial charge >= 0.3 is 0 Å². The average Bonchev–Trinajstić information content (AvgIpc) is 2.39. The van der Waals surface area contributed by atoms with Gasteiger partial charge in [-0.3, -0.25) is 0 Å². The lowest BCUT2D eigenvalue weighted by Crippen LogP contribution is -2.24. The van der Waals surface area contributed by atoms with Gasteiger partial charge in [0.25, 0.3) is 0 Å². The first kappa shape index (κ1) is 13.2. The number of pyridine rings is 1. The van der Waals surface area contributed by atoms with E-state index in [0.29, 0.717) is 22.3 Å². The predicted octanol–water partition coefficient (Wildman–Crippen LogP) is 3.84. The second kappa shape index (κ2) is 6.06. The van der Waals surface area contributed by atoms with Crippen LogP contribution in [0.4, 0.5) is 5.82 Å². The van der Waals surface area contributed by atoms with Gasteiger partial charge in [0.05, 0.1) is 5.56 Å². The normalized spacial score (nSPS) is 23.4. The van der Waals surface area contributed by atoms with Crippen LogP contribution in [-0.4, -0.2) is 11.5 Å². The molecule has 1 heterocycles. The maximum atomic E-state index is 8.91. The molecule has 1 aromatic rings. The van der Waals surface area contributed by atoms with Crippen molar-refractivity contribution >= 4 is 17.4 Å². The zero-order valence-corrected chi connectivity index (χ0v) is 11.4. The SMILES string of the molecule is CC1CCCCC1CNc1nccc(C#N)c1Cl. The molecule has 3 nitrogen and oxygen atoms in total. The zero-order valence-electron chi connectivity index (χ0n) is 10.6. The lowest BCUT2D eigenvalue weighted by molar-refractivity contribution is 0.268. The van der Waals surface area contributed by atoms with Crippen molar-refractivity contribution in [3.05, 3.63) is 22.8 Å². The van der Waals surface area contributed by atoms with E-state index in [1.165, 1.54) is 25.7 Å². The van der Waals surface area contributed by atoms with E-state index < -0.39 is 0 Å². The summed E-state index contributed by atoms with van der Waals surface area (Å²) in [5.41, 5.74) is 0.478. The Hall–Kier alpha value is -1.27. The smallest absolute Gasteiger partial charge is 0.146 e. The minimum Gasteiger partial charge on any atom is -0.369 e. The van der Waals surface area contributed by atoms with Crippen molar-refractivity contribution in [2.45, 2.75) is 32.6 Å². The molecule has 1 N–H and O–H groups in total. The van der Waals surface area contributed by atoms with Gasteiger partial charge in [0.15, 0.2) is 0 Å². The lowest BCUT2D eigenvalue weighted by Gasteiger charge is -2.29. The summed E-state index contributed by atoms with van der Waals surface area (Å²) in [6, 6.07) is 3.71. The highest BCUT2D eigenvalue weighted by molar-refractivity contribution is 6.34. The Labute approximate surface area is 113 Å². The van der Waals surface area contributed by atoms with Crippen molar-refractivity contribution in [3.63, 3.8) is 0 Å². The Morgan fingerprint density at radius 1 is 1.50 bits per heavy atom. The van der Waals surface area contributed by atoms with Gasteiger partial charge in [-0.2, -0.15) is 5.26 Å². The van der Waals surface area contributed by atoms with Gasteiger partial charge in [-0.25, -0.2) is 4.98 Å². The molecule has 1 aromatic heterocycles. The molecule has 0 bridgehead atoms. The maximum Gasteiger partial charge on any atom is 0.146 e. The minimum atomic E-state index is 0.434. The monoisotopic (exact) mass is 263 g/mol. The van der Waals surface area contributed by atoms with Crippen molar-refractivity contribution in [2.24, 2.45) is 11.8 Å². The number of anilines is 1. The van der Waals surface area contributed by atoms with Crippen LogP contribution in [0.1, 0.15) is 38.2 Å². The Kier molecular flexibility index (Phi) is 4.43. The summed E-state index contributed by atoms with van der Waals surface area (Å²) in [7, 11) is 0. The number of nitriles is 1. The number of halogens is 1. The largest absolute Gasteiger partial charge is 0.369 e. The summed E-state index contributed by atoms with van der Waals surface area (Å²) in [5.74, 6) is 2.07. The number of rotatable bonds is 3. The Balaban J connectivity index is 2.00. The van der Waals surface area contributed by atoms with E-state index in [9.17, 15) is 0 Å². The lowest BCUT2D eigenvalue weighted by atomic mass is 9.80. The summed E-state index contributed by atoms with van der Waals surface area (Å²) < 4.78 is 0. The van der Waals surface area contributed by atoms with Crippen molar-refractivity contribution in [3.8, 4) is 6.07 Å². The molecule has 1 aliphatic carbocycles. The third-order valence-corrected chi connectivity index (χ3v) is 4.21. The van der Waals surface area contributed by atoms with E-state index >= 15 is 0 Å². The number of nitrogens with one attached hydrogen (secondary N) is 1. The molecule has 1 saturated carbocycles. The molecule has 96 valence electrons. The van der Waals surface area contributed by atoms with Crippen LogP contribution in [0.5, 0.6) is 0 Å². The molecule has 0 spiro atoms. The van der Waals surface area contributed by atoms with Crippen molar-refractivity contribution in [2.75, 3.05) is 11.9 Å². The van der Waals surface area contributed by atoms with Crippen molar-refractivity contribution in [1.82, 2.24) is 4.98 Å². The summed E-state index contributed by atoms with van der Waals surface area (Å²) in [6.45, 7) is 3.20. The fourth-order valence-electron chi connectivity index (χ4n) is 2.58. The highest BCUT2D eigenvalue weighted by Crippen LogP contribution is 2.30. The molecule has 18 heavy (non-hydrogen) atoms. The van der Waals surface area contributed by atoms with Gasteiger partial charge in [0, 0.05) is 12.7 Å². The standard InChI is InChI=1S/C14H18ClN3/c1-10-4-2-3-5-12(10)9-18-14-13(15)11(8-16)6-7-17-14/h6-7,10,12H,2-5,9H2,1H3,(H,17,18). The fourth-order valence-corrected chi connectivity index (χ4v) is 2.80. The third-order valence-electron chi connectivity index (χ3n) is 3.83. The van der Waals surface area contributed by atoms with Crippen LogP contribution in [-0.2, 0) is 0 Å². The van der Waals surface area contributed by atoms with E-state index in [2.05, 4.69) is 23.3 Å². The molecule has 0 radical (unpaired) electrons. The topological polar surface area (TPSA) is 48.7 Å². The molecule has 2 atom stereocenters. The molecule has 2 unspecified atom stereocenters. The number of nitrogens with zero attached hydrogens (tertiary/aromatic N) is 2. The van der Waals surface area contributed by atoms with Crippen LogP contribution in [0.3, 0.4) is 0 Å². The predicted molar refractivity (Wildman–Crippen MR) is 73.6 cm³/mol. The molecule has 0 amide bonds. The molecule has 0 aromatic carbocycles. The molecule has 1 fully saturated rings. The second-order valence-electron chi connectivity index (χ2n) is 5.04. The van der Waals surface area contributed by atoms with Crippen molar-refractivity contribution in [1.29, 1.82) is 5.26 Å². The Morgan fingerprint density at radius 3 is 3.00 bits per heavy atom. The van der Waals surface area contributed by atoms with Crippen molar-refractivity contribution < 1.29 is 0 Å². The molecule has 1 aliphatic rings. The Morgan fingerprint density at radius 2 is 2.28 bits per heavy atom. The van der Waals surface area contributed by atoms with E-state index in [4.69, 9.17) is 16.9 Å². The van der Waals surface area contributed by atoms with Crippen LogP contribution in [0.15, 0.2) is 12.3 Å². The first-order valence-electron chi connectivity index (χ1n) is 6.51. The zero-order chi connectivity index (χ0) is 13.0. The Bertz CT molecular complexity index is 453. The van der Waals surface area contributed by atoms with Gasteiger partial charge < -0.3 is 5.32 Å². The summed E-state index contributed by atoms with van der Waals surface area (Å²) in [4.78, 5) is 4.20. The molecule has 2 rings (SSSR count). The quantitative estimate of drug-likeness (QED) is 0.901. The molecule has 4 heteroatoms. The van der Waals surface area contributed by atoms with Crippen LogP contribution in [0, 0.1) is 23.2 Å². The summed E-state index contributed by atoms with van der Waals surface area (Å²) in [6.07, 6.45) is 6.86. The molecule has 0 aliphatic heterocycles. The average molecular weight is 264 g/mol. The van der Waals surface area contributed by atoms with Gasteiger partial charge in [-0.1, -0.05) is 37.8 Å². The second-order valence-corrected chi connectivity index (χ2v) is 5.41. The number of aromatic nitrogens is 1. The first-order chi connectivity index (χ1) is 8.72. The van der Waals surface area contributed by atoms with Gasteiger partial charge in [0.1, 0.15) is 16.9 Å². The van der Waals surface area contributed by atoms with Gasteiger partial charge in [0.2, 0.25) is 0 Å². The van der Waals surface area contributed by atoms with Crippen LogP contribution >= 0.6 is 11.6 Å².